The fourth-order valence-electron chi connectivity index (χ4n) is 4.43. The van der Waals surface area contributed by atoms with Gasteiger partial charge in [-0.1, -0.05) is 12.1 Å². The van der Waals surface area contributed by atoms with E-state index in [0.717, 1.165) is 34.9 Å². The van der Waals surface area contributed by atoms with Gasteiger partial charge in [0, 0.05) is 5.52 Å². The molecule has 1 aromatic carbocycles. The number of aromatic amines is 1. The predicted molar refractivity (Wildman–Crippen MR) is 114 cm³/mol. The van der Waals surface area contributed by atoms with E-state index >= 15 is 0 Å². The predicted octanol–water partition coefficient (Wildman–Crippen LogP) is 0.914. The van der Waals surface area contributed by atoms with Crippen molar-refractivity contribution in [3.05, 3.63) is 51.6 Å². The third kappa shape index (κ3) is 4.99. The van der Waals surface area contributed by atoms with E-state index in [0.29, 0.717) is 31.6 Å². The molecule has 2 aromatic heterocycles. The highest BCUT2D eigenvalue weighted by Crippen LogP contribution is 2.17. The minimum Gasteiger partial charge on any atom is -0.465 e. The number of fused-ring (bicyclic) bond motifs is 1. The van der Waals surface area contributed by atoms with E-state index in [9.17, 15) is 9.59 Å². The van der Waals surface area contributed by atoms with Crippen molar-refractivity contribution in [2.45, 2.75) is 65.2 Å². The first-order valence-corrected chi connectivity index (χ1v) is 10.9. The number of hydrogen-bond acceptors (Lipinski definition) is 6. The van der Waals surface area contributed by atoms with Crippen LogP contribution < -0.4 is 10.5 Å². The molecule has 1 aliphatic rings. The van der Waals surface area contributed by atoms with Crippen molar-refractivity contribution in [3.63, 3.8) is 0 Å². The van der Waals surface area contributed by atoms with E-state index in [2.05, 4.69) is 26.6 Å². The molecular formula is C22H29N6O3+. The number of carbonyl (C=O) groups is 1. The zero-order valence-corrected chi connectivity index (χ0v) is 18.1. The summed E-state index contributed by atoms with van der Waals surface area (Å²) in [5.74, 6) is 0.266. The minimum absolute atomic E-state index is 0.00989. The van der Waals surface area contributed by atoms with Crippen LogP contribution >= 0.6 is 0 Å². The van der Waals surface area contributed by atoms with Gasteiger partial charge in [0.05, 0.1) is 18.2 Å². The van der Waals surface area contributed by atoms with Crippen molar-refractivity contribution in [2.24, 2.45) is 0 Å². The van der Waals surface area contributed by atoms with Gasteiger partial charge < -0.3 is 14.6 Å². The Morgan fingerprint density at radius 1 is 1.26 bits per heavy atom. The van der Waals surface area contributed by atoms with E-state index in [1.54, 1.807) is 6.92 Å². The number of nitrogens with zero attached hydrogens (tertiary/aromatic N) is 4. The Morgan fingerprint density at radius 2 is 2.06 bits per heavy atom. The van der Waals surface area contributed by atoms with Crippen molar-refractivity contribution in [3.8, 4) is 0 Å². The Labute approximate surface area is 180 Å². The van der Waals surface area contributed by atoms with Gasteiger partial charge >= 0.3 is 5.97 Å². The van der Waals surface area contributed by atoms with Gasteiger partial charge in [-0.25, -0.2) is 4.68 Å². The van der Waals surface area contributed by atoms with E-state index in [1.807, 2.05) is 25.1 Å². The average molecular weight is 426 g/mol. The van der Waals surface area contributed by atoms with Crippen molar-refractivity contribution in [1.29, 1.82) is 0 Å². The topological polar surface area (TPSA) is 107 Å². The first-order chi connectivity index (χ1) is 15.0. The van der Waals surface area contributed by atoms with Crippen LogP contribution in [0.1, 0.15) is 49.6 Å². The molecule has 164 valence electrons. The summed E-state index contributed by atoms with van der Waals surface area (Å²) < 4.78 is 6.53. The zero-order valence-electron chi connectivity index (χ0n) is 18.1. The van der Waals surface area contributed by atoms with Crippen LogP contribution in [-0.2, 0) is 29.2 Å². The van der Waals surface area contributed by atoms with Crippen LogP contribution in [0.2, 0.25) is 0 Å². The molecule has 0 radical (unpaired) electrons. The van der Waals surface area contributed by atoms with Gasteiger partial charge in [0.2, 0.25) is 5.82 Å². The SMILES string of the molecule is CCOC(=O)Cn1nnnc1C[NH+](Cc1cc2ccc(C)cc2[nH]c1=O)C1CCCC1. The molecule has 31 heavy (non-hydrogen) atoms. The van der Waals surface area contributed by atoms with Crippen LogP contribution in [0.3, 0.4) is 0 Å². The summed E-state index contributed by atoms with van der Waals surface area (Å²) in [5, 5.41) is 12.9. The van der Waals surface area contributed by atoms with Crippen LogP contribution in [0.4, 0.5) is 0 Å². The number of hydrogen-bond donors (Lipinski definition) is 2. The molecule has 2 N–H and O–H groups in total. The van der Waals surface area contributed by atoms with Gasteiger partial charge in [-0.2, -0.15) is 0 Å². The van der Waals surface area contributed by atoms with Crippen LogP contribution in [0.15, 0.2) is 29.1 Å². The largest absolute Gasteiger partial charge is 0.465 e. The first-order valence-electron chi connectivity index (χ1n) is 10.9. The van der Waals surface area contributed by atoms with E-state index in [1.165, 1.54) is 22.4 Å². The summed E-state index contributed by atoms with van der Waals surface area (Å²) in [7, 11) is 0. The molecule has 0 spiro atoms. The van der Waals surface area contributed by atoms with Crippen molar-refractivity contribution >= 4 is 16.9 Å². The molecule has 0 saturated heterocycles. The smallest absolute Gasteiger partial charge is 0.327 e. The molecule has 4 rings (SSSR count). The Balaban J connectivity index is 1.59. The second kappa shape index (κ2) is 9.38. The first kappa shape index (κ1) is 21.2. The number of aryl methyl sites for hydroxylation is 1. The number of ether oxygens (including phenoxy) is 1. The number of nitrogens with one attached hydrogen (secondary N) is 2. The fourth-order valence-corrected chi connectivity index (χ4v) is 4.43. The number of aromatic nitrogens is 5. The van der Waals surface area contributed by atoms with E-state index in [-0.39, 0.29) is 18.1 Å². The van der Waals surface area contributed by atoms with Crippen LogP contribution in [-0.4, -0.2) is 43.8 Å². The molecular weight excluding hydrogens is 396 g/mol. The minimum atomic E-state index is -0.361. The van der Waals surface area contributed by atoms with Crippen molar-refractivity contribution in [2.75, 3.05) is 6.61 Å². The highest BCUT2D eigenvalue weighted by atomic mass is 16.5. The monoisotopic (exact) mass is 425 g/mol. The lowest BCUT2D eigenvalue weighted by molar-refractivity contribution is -0.952. The van der Waals surface area contributed by atoms with Gasteiger partial charge in [0.25, 0.3) is 5.56 Å². The number of H-pyrrole nitrogens is 1. The van der Waals surface area contributed by atoms with Crippen LogP contribution in [0, 0.1) is 6.92 Å². The second-order valence-electron chi connectivity index (χ2n) is 8.27. The Hall–Kier alpha value is -3.07. The van der Waals surface area contributed by atoms with Crippen molar-refractivity contribution < 1.29 is 14.4 Å². The zero-order chi connectivity index (χ0) is 21.8. The molecule has 1 unspecified atom stereocenters. The normalized spacial score (nSPS) is 15.4. The summed E-state index contributed by atoms with van der Waals surface area (Å²) >= 11 is 0. The molecule has 1 saturated carbocycles. The molecule has 1 aliphatic carbocycles. The standard InChI is InChI=1S/C22H28N6O3/c1-3-31-21(29)14-28-20(24-25-26-28)13-27(18-6-4-5-7-18)12-17-11-16-9-8-15(2)10-19(16)23-22(17)30/h8-11,18H,3-7,12-14H2,1-2H3,(H,23,30)/p+1. The number of rotatable bonds is 8. The maximum atomic E-state index is 12.8. The van der Waals surface area contributed by atoms with Gasteiger partial charge in [0.15, 0.2) is 0 Å². The molecule has 0 amide bonds. The highest BCUT2D eigenvalue weighted by molar-refractivity contribution is 5.79. The highest BCUT2D eigenvalue weighted by Gasteiger charge is 2.29. The van der Waals surface area contributed by atoms with Gasteiger partial charge in [-0.15, -0.1) is 5.10 Å². The number of quaternary nitrogens is 1. The van der Waals surface area contributed by atoms with Crippen LogP contribution in [0.5, 0.6) is 0 Å². The molecule has 0 bridgehead atoms. The maximum Gasteiger partial charge on any atom is 0.327 e. The molecule has 9 nitrogen and oxygen atoms in total. The number of carbonyl (C=O) groups excluding carboxylic acids is 1. The molecule has 0 aliphatic heterocycles. The molecule has 2 heterocycles. The lowest BCUT2D eigenvalue weighted by atomic mass is 10.1. The summed E-state index contributed by atoms with van der Waals surface area (Å²) in [6, 6.07) is 8.51. The van der Waals surface area contributed by atoms with Gasteiger partial charge in [0.1, 0.15) is 19.6 Å². The maximum absolute atomic E-state index is 12.8. The molecule has 1 fully saturated rings. The lowest BCUT2D eigenvalue weighted by Crippen LogP contribution is -3.13. The van der Waals surface area contributed by atoms with Gasteiger partial charge in [-0.05, 0) is 73.0 Å². The van der Waals surface area contributed by atoms with Crippen LogP contribution in [0.25, 0.3) is 10.9 Å². The summed E-state index contributed by atoms with van der Waals surface area (Å²) in [5.41, 5.74) is 2.67. The quantitative estimate of drug-likeness (QED) is 0.520. The van der Waals surface area contributed by atoms with E-state index in [4.69, 9.17) is 4.74 Å². The number of tetrazole rings is 1. The Bertz CT molecular complexity index is 1120. The molecule has 3 aromatic rings. The summed E-state index contributed by atoms with van der Waals surface area (Å²) in [4.78, 5) is 29.0. The van der Waals surface area contributed by atoms with Gasteiger partial charge in [-0.3, -0.25) is 9.59 Å². The Kier molecular flexibility index (Phi) is 6.41. The molecule has 1 atom stereocenters. The third-order valence-corrected chi connectivity index (χ3v) is 6.00. The fraction of sp³-hybridized carbons (Fsp3) is 0.500. The van der Waals surface area contributed by atoms with E-state index < -0.39 is 0 Å². The Morgan fingerprint density at radius 3 is 2.84 bits per heavy atom. The second-order valence-corrected chi connectivity index (χ2v) is 8.27. The lowest BCUT2D eigenvalue weighted by Gasteiger charge is -2.25. The number of benzene rings is 1. The summed E-state index contributed by atoms with van der Waals surface area (Å²) in [6.45, 7) is 5.22. The van der Waals surface area contributed by atoms with Crippen molar-refractivity contribution in [1.82, 2.24) is 25.2 Å². The third-order valence-electron chi connectivity index (χ3n) is 6.00. The summed E-state index contributed by atoms with van der Waals surface area (Å²) in [6.07, 6.45) is 4.60. The number of pyridine rings is 1. The molecule has 9 heteroatoms. The number of esters is 1. The average Bonchev–Trinajstić information content (AvgIpc) is 3.41.